The summed E-state index contributed by atoms with van der Waals surface area (Å²) in [5.74, 6) is 0.265. The standard InChI is InChI=1S/C16H21N3O3S/c1-5-22-11-6-7-12-13(8-11)23-16(18-12)19-15(21)14(9(2)3)17-10(4)20/h6-9,14H,5H2,1-4H3,(H,17,20)(H,18,19,21)/t14-/m1/s1. The number of nitrogens with one attached hydrogen (secondary N) is 2. The Labute approximate surface area is 139 Å². The highest BCUT2D eigenvalue weighted by Crippen LogP contribution is 2.29. The van der Waals surface area contributed by atoms with E-state index < -0.39 is 6.04 Å². The van der Waals surface area contributed by atoms with Gasteiger partial charge in [0.15, 0.2) is 5.13 Å². The topological polar surface area (TPSA) is 80.3 Å². The zero-order valence-corrected chi connectivity index (χ0v) is 14.5. The third-order valence-electron chi connectivity index (χ3n) is 3.21. The van der Waals surface area contributed by atoms with Crippen molar-refractivity contribution < 1.29 is 14.3 Å². The van der Waals surface area contributed by atoms with E-state index in [9.17, 15) is 9.59 Å². The van der Waals surface area contributed by atoms with Gasteiger partial charge in [0.05, 0.1) is 16.8 Å². The van der Waals surface area contributed by atoms with Gasteiger partial charge in [-0.25, -0.2) is 4.98 Å². The normalized spacial score (nSPS) is 12.2. The van der Waals surface area contributed by atoms with Crippen molar-refractivity contribution in [2.45, 2.75) is 33.7 Å². The molecule has 23 heavy (non-hydrogen) atoms. The zero-order valence-electron chi connectivity index (χ0n) is 13.7. The van der Waals surface area contributed by atoms with Gasteiger partial charge in [0.1, 0.15) is 11.8 Å². The molecule has 0 fully saturated rings. The van der Waals surface area contributed by atoms with Gasteiger partial charge in [0.25, 0.3) is 0 Å². The maximum atomic E-state index is 12.4. The average Bonchev–Trinajstić information content (AvgIpc) is 2.85. The third-order valence-corrected chi connectivity index (χ3v) is 4.14. The van der Waals surface area contributed by atoms with E-state index in [-0.39, 0.29) is 17.7 Å². The third kappa shape index (κ3) is 4.41. The number of thiazole rings is 1. The molecule has 0 saturated heterocycles. The van der Waals surface area contributed by atoms with Crippen molar-refractivity contribution in [3.8, 4) is 5.75 Å². The summed E-state index contributed by atoms with van der Waals surface area (Å²) in [5, 5.41) is 5.96. The largest absolute Gasteiger partial charge is 0.494 e. The summed E-state index contributed by atoms with van der Waals surface area (Å²) in [6.07, 6.45) is 0. The number of anilines is 1. The Balaban J connectivity index is 2.16. The quantitative estimate of drug-likeness (QED) is 0.850. The maximum Gasteiger partial charge on any atom is 0.248 e. The van der Waals surface area contributed by atoms with Crippen molar-refractivity contribution in [2.24, 2.45) is 5.92 Å². The minimum Gasteiger partial charge on any atom is -0.494 e. The van der Waals surface area contributed by atoms with Crippen molar-refractivity contribution in [3.63, 3.8) is 0 Å². The van der Waals surface area contributed by atoms with E-state index in [0.29, 0.717) is 11.7 Å². The number of hydrogen-bond donors (Lipinski definition) is 2. The fourth-order valence-corrected chi connectivity index (χ4v) is 3.05. The molecule has 6 nitrogen and oxygen atoms in total. The van der Waals surface area contributed by atoms with E-state index in [1.807, 2.05) is 39.0 Å². The molecule has 2 rings (SSSR count). The number of ether oxygens (including phenoxy) is 1. The first-order valence-corrected chi connectivity index (χ1v) is 8.33. The van der Waals surface area contributed by atoms with E-state index in [1.165, 1.54) is 18.3 Å². The Morgan fingerprint density at radius 1 is 1.35 bits per heavy atom. The van der Waals surface area contributed by atoms with Gasteiger partial charge < -0.3 is 15.4 Å². The Hall–Kier alpha value is -2.15. The predicted molar refractivity (Wildman–Crippen MR) is 91.9 cm³/mol. The maximum absolute atomic E-state index is 12.4. The minimum absolute atomic E-state index is 0.0159. The lowest BCUT2D eigenvalue weighted by Crippen LogP contribution is -2.46. The molecule has 2 aromatic rings. The summed E-state index contributed by atoms with van der Waals surface area (Å²) in [6, 6.07) is 5.03. The number of aromatic nitrogens is 1. The average molecular weight is 335 g/mol. The zero-order chi connectivity index (χ0) is 17.0. The summed E-state index contributed by atoms with van der Waals surface area (Å²) in [5.41, 5.74) is 0.800. The van der Waals surface area contributed by atoms with Gasteiger partial charge in [-0.2, -0.15) is 0 Å². The number of rotatable bonds is 6. The second-order valence-electron chi connectivity index (χ2n) is 5.49. The van der Waals surface area contributed by atoms with Gasteiger partial charge in [0.2, 0.25) is 11.8 Å². The Morgan fingerprint density at radius 3 is 2.70 bits per heavy atom. The van der Waals surface area contributed by atoms with Crippen LogP contribution in [0.15, 0.2) is 18.2 Å². The highest BCUT2D eigenvalue weighted by molar-refractivity contribution is 7.22. The molecule has 0 aliphatic rings. The van der Waals surface area contributed by atoms with E-state index >= 15 is 0 Å². The Morgan fingerprint density at radius 2 is 2.09 bits per heavy atom. The number of amides is 2. The van der Waals surface area contributed by atoms with Crippen LogP contribution >= 0.6 is 11.3 Å². The van der Waals surface area contributed by atoms with E-state index in [1.54, 1.807) is 0 Å². The lowest BCUT2D eigenvalue weighted by atomic mass is 10.0. The molecule has 0 bridgehead atoms. The molecule has 2 N–H and O–H groups in total. The molecular weight excluding hydrogens is 314 g/mol. The van der Waals surface area contributed by atoms with Crippen molar-refractivity contribution in [1.82, 2.24) is 10.3 Å². The molecule has 0 aliphatic carbocycles. The highest BCUT2D eigenvalue weighted by atomic mass is 32.1. The first-order chi connectivity index (χ1) is 10.9. The van der Waals surface area contributed by atoms with Crippen LogP contribution < -0.4 is 15.4 Å². The lowest BCUT2D eigenvalue weighted by molar-refractivity contribution is -0.126. The number of carbonyl (C=O) groups excluding carboxylic acids is 2. The fraction of sp³-hybridized carbons (Fsp3) is 0.438. The molecule has 0 radical (unpaired) electrons. The highest BCUT2D eigenvalue weighted by Gasteiger charge is 2.23. The molecule has 0 unspecified atom stereocenters. The second-order valence-corrected chi connectivity index (χ2v) is 6.52. The molecule has 1 aromatic heterocycles. The van der Waals surface area contributed by atoms with Crippen molar-refractivity contribution >= 4 is 38.5 Å². The molecule has 7 heteroatoms. The predicted octanol–water partition coefficient (Wildman–Crippen LogP) is 2.79. The van der Waals surface area contributed by atoms with Crippen LogP contribution in [0, 0.1) is 5.92 Å². The van der Waals surface area contributed by atoms with Crippen molar-refractivity contribution in [1.29, 1.82) is 0 Å². The van der Waals surface area contributed by atoms with Crippen LogP contribution in [0.1, 0.15) is 27.7 Å². The van der Waals surface area contributed by atoms with Crippen molar-refractivity contribution in [2.75, 3.05) is 11.9 Å². The van der Waals surface area contributed by atoms with Crippen LogP contribution in [-0.2, 0) is 9.59 Å². The van der Waals surface area contributed by atoms with Crippen molar-refractivity contribution in [3.05, 3.63) is 18.2 Å². The number of fused-ring (bicyclic) bond motifs is 1. The van der Waals surface area contributed by atoms with E-state index in [2.05, 4.69) is 15.6 Å². The Kier molecular flexibility index (Phi) is 5.54. The van der Waals surface area contributed by atoms with Gasteiger partial charge >= 0.3 is 0 Å². The van der Waals surface area contributed by atoms with Crippen LogP contribution in [0.2, 0.25) is 0 Å². The summed E-state index contributed by atoms with van der Waals surface area (Å²) < 4.78 is 6.40. The molecule has 1 aromatic carbocycles. The summed E-state index contributed by atoms with van der Waals surface area (Å²) in [7, 11) is 0. The molecule has 2 amide bonds. The number of hydrogen-bond acceptors (Lipinski definition) is 5. The van der Waals surface area contributed by atoms with Gasteiger partial charge in [-0.1, -0.05) is 25.2 Å². The van der Waals surface area contributed by atoms with Crippen LogP contribution in [0.4, 0.5) is 5.13 Å². The van der Waals surface area contributed by atoms with Crippen LogP contribution in [-0.4, -0.2) is 29.4 Å². The van der Waals surface area contributed by atoms with Gasteiger partial charge in [0, 0.05) is 6.92 Å². The number of benzene rings is 1. The number of nitrogens with zero attached hydrogens (tertiary/aromatic N) is 1. The number of carbonyl (C=O) groups is 2. The summed E-state index contributed by atoms with van der Waals surface area (Å²) >= 11 is 1.38. The fourth-order valence-electron chi connectivity index (χ4n) is 2.15. The van der Waals surface area contributed by atoms with Crippen LogP contribution in [0.25, 0.3) is 10.2 Å². The molecule has 1 atom stereocenters. The smallest absolute Gasteiger partial charge is 0.248 e. The summed E-state index contributed by atoms with van der Waals surface area (Å²) in [6.45, 7) is 7.69. The first-order valence-electron chi connectivity index (χ1n) is 7.52. The van der Waals surface area contributed by atoms with Gasteiger partial charge in [-0.05, 0) is 31.0 Å². The molecular formula is C16H21N3O3S. The molecule has 124 valence electrons. The lowest BCUT2D eigenvalue weighted by Gasteiger charge is -2.19. The summed E-state index contributed by atoms with van der Waals surface area (Å²) in [4.78, 5) is 28.0. The minimum atomic E-state index is -0.585. The SMILES string of the molecule is CCOc1ccc2nc(NC(=O)[C@H](NC(C)=O)C(C)C)sc2c1. The molecule has 1 heterocycles. The van der Waals surface area contributed by atoms with Gasteiger partial charge in [-0.3, -0.25) is 9.59 Å². The monoisotopic (exact) mass is 335 g/mol. The molecule has 0 aliphatic heterocycles. The van der Waals surface area contributed by atoms with E-state index in [0.717, 1.165) is 16.0 Å². The first kappa shape index (κ1) is 17.2. The second kappa shape index (κ2) is 7.41. The Bertz CT molecular complexity index is 712. The van der Waals surface area contributed by atoms with E-state index in [4.69, 9.17) is 4.74 Å². The van der Waals surface area contributed by atoms with Crippen LogP contribution in [0.3, 0.4) is 0 Å². The van der Waals surface area contributed by atoms with Gasteiger partial charge in [-0.15, -0.1) is 0 Å². The molecule has 0 spiro atoms. The molecule has 0 saturated carbocycles. The van der Waals surface area contributed by atoms with Crippen LogP contribution in [0.5, 0.6) is 5.75 Å².